The predicted molar refractivity (Wildman–Crippen MR) is 63.0 cm³/mol. The summed E-state index contributed by atoms with van der Waals surface area (Å²) in [7, 11) is 0. The molecule has 2 aromatic rings. The van der Waals surface area contributed by atoms with Crippen LogP contribution in [0.2, 0.25) is 0 Å². The van der Waals surface area contributed by atoms with Crippen molar-refractivity contribution in [3.8, 4) is 0 Å². The molecular formula is C12H13N3O2. The highest BCUT2D eigenvalue weighted by atomic mass is 16.5. The van der Waals surface area contributed by atoms with Crippen LogP contribution in [0.1, 0.15) is 24.3 Å². The van der Waals surface area contributed by atoms with Crippen molar-refractivity contribution in [2.24, 2.45) is 0 Å². The van der Waals surface area contributed by atoms with E-state index in [1.807, 2.05) is 6.07 Å². The summed E-state index contributed by atoms with van der Waals surface area (Å²) in [6, 6.07) is 1.91. The van der Waals surface area contributed by atoms with Gasteiger partial charge in [0.15, 0.2) is 0 Å². The molecule has 5 heteroatoms. The molecule has 0 radical (unpaired) electrons. The summed E-state index contributed by atoms with van der Waals surface area (Å²) >= 11 is 0. The van der Waals surface area contributed by atoms with Crippen molar-refractivity contribution in [1.82, 2.24) is 15.0 Å². The number of fused-ring (bicyclic) bond motifs is 1. The summed E-state index contributed by atoms with van der Waals surface area (Å²) in [6.07, 6.45) is 4.97. The van der Waals surface area contributed by atoms with Crippen molar-refractivity contribution in [3.05, 3.63) is 34.5 Å². The number of H-pyrrole nitrogens is 1. The van der Waals surface area contributed by atoms with Crippen molar-refractivity contribution < 1.29 is 4.74 Å². The second-order valence-corrected chi connectivity index (χ2v) is 4.27. The van der Waals surface area contributed by atoms with Gasteiger partial charge in [-0.2, -0.15) is 0 Å². The zero-order chi connectivity index (χ0) is 11.7. The minimum atomic E-state index is -0.0388. The Balaban J connectivity index is 2.09. The summed E-state index contributed by atoms with van der Waals surface area (Å²) in [5, 5.41) is 0.883. The Morgan fingerprint density at radius 3 is 3.00 bits per heavy atom. The van der Waals surface area contributed by atoms with Crippen molar-refractivity contribution >= 4 is 11.0 Å². The van der Waals surface area contributed by atoms with E-state index in [1.165, 1.54) is 6.33 Å². The maximum atomic E-state index is 12.0. The number of hydrogen-bond donors (Lipinski definition) is 1. The van der Waals surface area contributed by atoms with Crippen molar-refractivity contribution in [2.45, 2.75) is 18.8 Å². The van der Waals surface area contributed by atoms with Crippen molar-refractivity contribution in [3.63, 3.8) is 0 Å². The topological polar surface area (TPSA) is 67.9 Å². The fourth-order valence-corrected chi connectivity index (χ4v) is 2.28. The molecule has 1 fully saturated rings. The van der Waals surface area contributed by atoms with Gasteiger partial charge in [-0.15, -0.1) is 0 Å². The first-order valence-corrected chi connectivity index (χ1v) is 5.75. The fourth-order valence-electron chi connectivity index (χ4n) is 2.28. The summed E-state index contributed by atoms with van der Waals surface area (Å²) < 4.78 is 5.31. The third-order valence-corrected chi connectivity index (χ3v) is 3.21. The molecule has 0 unspecified atom stereocenters. The molecule has 5 nitrogen and oxygen atoms in total. The lowest BCUT2D eigenvalue weighted by atomic mass is 9.92. The third-order valence-electron chi connectivity index (χ3n) is 3.21. The van der Waals surface area contributed by atoms with Gasteiger partial charge in [-0.1, -0.05) is 0 Å². The van der Waals surface area contributed by atoms with Crippen LogP contribution in [-0.4, -0.2) is 28.2 Å². The van der Waals surface area contributed by atoms with Crippen LogP contribution in [0.3, 0.4) is 0 Å². The molecule has 1 N–H and O–H groups in total. The molecule has 88 valence electrons. The zero-order valence-corrected chi connectivity index (χ0v) is 9.35. The van der Waals surface area contributed by atoms with E-state index in [4.69, 9.17) is 4.74 Å². The largest absolute Gasteiger partial charge is 0.381 e. The van der Waals surface area contributed by atoms with Gasteiger partial charge in [-0.3, -0.25) is 4.79 Å². The number of pyridine rings is 1. The molecular weight excluding hydrogens is 218 g/mol. The summed E-state index contributed by atoms with van der Waals surface area (Å²) in [5.41, 5.74) is 1.39. The number of hydrogen-bond acceptors (Lipinski definition) is 4. The van der Waals surface area contributed by atoms with E-state index < -0.39 is 0 Å². The molecule has 0 aliphatic carbocycles. The summed E-state index contributed by atoms with van der Waals surface area (Å²) in [5.74, 6) is 0.289. The van der Waals surface area contributed by atoms with Crippen LogP contribution in [0.15, 0.2) is 23.4 Å². The van der Waals surface area contributed by atoms with Crippen LogP contribution in [0.5, 0.6) is 0 Å². The van der Waals surface area contributed by atoms with E-state index in [-0.39, 0.29) is 11.5 Å². The van der Waals surface area contributed by atoms with Crippen molar-refractivity contribution in [1.29, 1.82) is 0 Å². The maximum absolute atomic E-state index is 12.0. The van der Waals surface area contributed by atoms with Crippen LogP contribution >= 0.6 is 0 Å². The number of nitrogens with one attached hydrogen (secondary N) is 1. The number of ether oxygens (including phenoxy) is 1. The predicted octanol–water partition coefficient (Wildman–Crippen LogP) is 1.21. The van der Waals surface area contributed by atoms with E-state index in [9.17, 15) is 4.79 Å². The van der Waals surface area contributed by atoms with Gasteiger partial charge in [-0.25, -0.2) is 9.97 Å². The number of aromatic amines is 1. The van der Waals surface area contributed by atoms with Gasteiger partial charge in [0.05, 0.1) is 0 Å². The van der Waals surface area contributed by atoms with Gasteiger partial charge < -0.3 is 9.72 Å². The Kier molecular flexibility index (Phi) is 2.60. The quantitative estimate of drug-likeness (QED) is 0.801. The molecule has 0 spiro atoms. The monoisotopic (exact) mass is 231 g/mol. The second-order valence-electron chi connectivity index (χ2n) is 4.27. The van der Waals surface area contributed by atoms with Gasteiger partial charge in [0.2, 0.25) is 0 Å². The van der Waals surface area contributed by atoms with Crippen LogP contribution in [-0.2, 0) is 4.74 Å². The molecule has 0 saturated carbocycles. The molecule has 3 rings (SSSR count). The standard InChI is InChI=1S/C12H13N3O2/c16-12-10(8-1-3-17-4-2-8)5-9-6-13-7-14-11(9)15-12/h5-8H,1-4H2,(H,13,14,15,16). The first-order chi connectivity index (χ1) is 8.34. The minimum Gasteiger partial charge on any atom is -0.381 e. The first-order valence-electron chi connectivity index (χ1n) is 5.75. The normalized spacial score (nSPS) is 17.4. The molecule has 1 aliphatic rings. The molecule has 1 aliphatic heterocycles. The number of aromatic nitrogens is 3. The molecule has 0 aromatic carbocycles. The molecule has 2 aromatic heterocycles. The van der Waals surface area contributed by atoms with Crippen LogP contribution in [0, 0.1) is 0 Å². The number of nitrogens with zero attached hydrogens (tertiary/aromatic N) is 2. The molecule has 0 atom stereocenters. The highest BCUT2D eigenvalue weighted by molar-refractivity contribution is 5.73. The molecule has 17 heavy (non-hydrogen) atoms. The van der Waals surface area contributed by atoms with Gasteiger partial charge in [-0.05, 0) is 24.8 Å². The highest BCUT2D eigenvalue weighted by Crippen LogP contribution is 2.25. The molecule has 0 bridgehead atoms. The Morgan fingerprint density at radius 1 is 1.35 bits per heavy atom. The SMILES string of the molecule is O=c1[nH]c2ncncc2cc1C1CCOCC1. The van der Waals surface area contributed by atoms with Gasteiger partial charge in [0, 0.05) is 30.4 Å². The lowest BCUT2D eigenvalue weighted by molar-refractivity contribution is 0.0851. The smallest absolute Gasteiger partial charge is 0.253 e. The van der Waals surface area contributed by atoms with E-state index in [0.717, 1.165) is 37.0 Å². The van der Waals surface area contributed by atoms with E-state index in [1.54, 1.807) is 6.20 Å². The van der Waals surface area contributed by atoms with Crippen LogP contribution < -0.4 is 5.56 Å². The third kappa shape index (κ3) is 1.93. The lowest BCUT2D eigenvalue weighted by Crippen LogP contribution is -2.22. The maximum Gasteiger partial charge on any atom is 0.253 e. The highest BCUT2D eigenvalue weighted by Gasteiger charge is 2.19. The Hall–Kier alpha value is -1.75. The summed E-state index contributed by atoms with van der Waals surface area (Å²) in [4.78, 5) is 22.8. The van der Waals surface area contributed by atoms with Gasteiger partial charge in [0.1, 0.15) is 12.0 Å². The average molecular weight is 231 g/mol. The van der Waals surface area contributed by atoms with Gasteiger partial charge >= 0.3 is 0 Å². The molecule has 1 saturated heterocycles. The zero-order valence-electron chi connectivity index (χ0n) is 9.35. The van der Waals surface area contributed by atoms with Crippen LogP contribution in [0.4, 0.5) is 0 Å². The Morgan fingerprint density at radius 2 is 2.18 bits per heavy atom. The Bertz CT molecular complexity index is 588. The Labute approximate surface area is 97.9 Å². The minimum absolute atomic E-state index is 0.0388. The second kappa shape index (κ2) is 4.25. The van der Waals surface area contributed by atoms with E-state index in [0.29, 0.717) is 5.65 Å². The average Bonchev–Trinajstić information content (AvgIpc) is 2.39. The molecule has 3 heterocycles. The van der Waals surface area contributed by atoms with Crippen LogP contribution in [0.25, 0.3) is 11.0 Å². The summed E-state index contributed by atoms with van der Waals surface area (Å²) in [6.45, 7) is 1.46. The first kappa shape index (κ1) is 10.4. The van der Waals surface area contributed by atoms with Gasteiger partial charge in [0.25, 0.3) is 5.56 Å². The molecule has 0 amide bonds. The number of rotatable bonds is 1. The fraction of sp³-hybridized carbons (Fsp3) is 0.417. The van der Waals surface area contributed by atoms with E-state index >= 15 is 0 Å². The van der Waals surface area contributed by atoms with Crippen molar-refractivity contribution in [2.75, 3.05) is 13.2 Å². The lowest BCUT2D eigenvalue weighted by Gasteiger charge is -2.21. The van der Waals surface area contributed by atoms with E-state index in [2.05, 4.69) is 15.0 Å².